The fourth-order valence-corrected chi connectivity index (χ4v) is 6.21. The van der Waals surface area contributed by atoms with Gasteiger partial charge in [-0.1, -0.05) is 13.0 Å². The van der Waals surface area contributed by atoms with Gasteiger partial charge in [0.1, 0.15) is 5.82 Å². The lowest BCUT2D eigenvalue weighted by Crippen LogP contribution is -2.41. The van der Waals surface area contributed by atoms with Crippen LogP contribution in [-0.2, 0) is 9.84 Å². The average molecular weight is 369 g/mol. The summed E-state index contributed by atoms with van der Waals surface area (Å²) < 4.78 is 38.4. The Hall–Kier alpha value is -1.47. The van der Waals surface area contributed by atoms with E-state index >= 15 is 0 Å². The zero-order valence-corrected chi connectivity index (χ0v) is 15.3. The standard InChI is InChI=1S/C17H20FNO3S2/c1-3-8-19(12-7-9-24(21,22)10-12)17(20)16-11(2)15-13(18)5-4-6-14(15)23-16/h4-6,12H,3,7-10H2,1-2H3/t12-/m0/s1. The molecule has 0 N–H and O–H groups in total. The van der Waals surface area contributed by atoms with Crippen LogP contribution >= 0.6 is 11.3 Å². The van der Waals surface area contributed by atoms with Crippen molar-refractivity contribution in [1.82, 2.24) is 4.90 Å². The van der Waals surface area contributed by atoms with Crippen molar-refractivity contribution in [1.29, 1.82) is 0 Å². The zero-order chi connectivity index (χ0) is 17.5. The first-order valence-electron chi connectivity index (χ1n) is 8.03. The predicted octanol–water partition coefficient (Wildman–Crippen LogP) is 3.39. The van der Waals surface area contributed by atoms with Crippen LogP contribution in [0, 0.1) is 12.7 Å². The number of hydrogen-bond donors (Lipinski definition) is 0. The lowest BCUT2D eigenvalue weighted by atomic mass is 10.1. The third kappa shape index (κ3) is 3.07. The third-order valence-electron chi connectivity index (χ3n) is 4.47. The molecule has 7 heteroatoms. The first-order valence-corrected chi connectivity index (χ1v) is 10.7. The Labute approximate surface area is 145 Å². The second-order valence-electron chi connectivity index (χ2n) is 6.22. The number of carbonyl (C=O) groups excluding carboxylic acids is 1. The van der Waals surface area contributed by atoms with Gasteiger partial charge in [0.15, 0.2) is 9.84 Å². The lowest BCUT2D eigenvalue weighted by Gasteiger charge is -2.27. The number of nitrogens with zero attached hydrogens (tertiary/aromatic N) is 1. The van der Waals surface area contributed by atoms with Crippen LogP contribution in [0.25, 0.3) is 10.1 Å². The molecule has 3 rings (SSSR count). The normalized spacial score (nSPS) is 19.7. The maximum Gasteiger partial charge on any atom is 0.264 e. The number of aryl methyl sites for hydroxylation is 1. The molecule has 0 unspecified atom stereocenters. The van der Waals surface area contributed by atoms with Gasteiger partial charge in [-0.15, -0.1) is 11.3 Å². The minimum Gasteiger partial charge on any atom is -0.334 e. The fraction of sp³-hybridized carbons (Fsp3) is 0.471. The number of thiophene rings is 1. The summed E-state index contributed by atoms with van der Waals surface area (Å²) in [6.07, 6.45) is 1.23. The number of carbonyl (C=O) groups is 1. The highest BCUT2D eigenvalue weighted by atomic mass is 32.2. The quantitative estimate of drug-likeness (QED) is 0.830. The van der Waals surface area contributed by atoms with Gasteiger partial charge < -0.3 is 4.90 Å². The van der Waals surface area contributed by atoms with Crippen LogP contribution in [0.2, 0.25) is 0 Å². The number of amides is 1. The van der Waals surface area contributed by atoms with Crippen LogP contribution in [0.4, 0.5) is 4.39 Å². The molecule has 130 valence electrons. The molecule has 1 atom stereocenters. The van der Waals surface area contributed by atoms with Gasteiger partial charge in [-0.3, -0.25) is 4.79 Å². The summed E-state index contributed by atoms with van der Waals surface area (Å²) >= 11 is 1.28. The van der Waals surface area contributed by atoms with Gasteiger partial charge in [0.2, 0.25) is 0 Å². The van der Waals surface area contributed by atoms with Gasteiger partial charge in [-0.05, 0) is 37.5 Å². The summed E-state index contributed by atoms with van der Waals surface area (Å²) in [6.45, 7) is 4.22. The molecule has 0 saturated carbocycles. The fourth-order valence-electron chi connectivity index (χ4n) is 3.30. The number of fused-ring (bicyclic) bond motifs is 1. The lowest BCUT2D eigenvalue weighted by molar-refractivity contribution is 0.0701. The largest absolute Gasteiger partial charge is 0.334 e. The molecule has 0 radical (unpaired) electrons. The molecule has 1 fully saturated rings. The van der Waals surface area contributed by atoms with E-state index in [0.29, 0.717) is 28.8 Å². The van der Waals surface area contributed by atoms with E-state index in [2.05, 4.69) is 0 Å². The van der Waals surface area contributed by atoms with Crippen LogP contribution in [-0.4, -0.2) is 43.3 Å². The van der Waals surface area contributed by atoms with Crippen LogP contribution in [0.1, 0.15) is 35.0 Å². The Kier molecular flexibility index (Phi) is 4.66. The van der Waals surface area contributed by atoms with E-state index in [1.807, 2.05) is 6.92 Å². The van der Waals surface area contributed by atoms with E-state index in [-0.39, 0.29) is 29.3 Å². The van der Waals surface area contributed by atoms with Gasteiger partial charge in [0.05, 0.1) is 16.4 Å². The maximum atomic E-state index is 14.1. The van der Waals surface area contributed by atoms with Gasteiger partial charge >= 0.3 is 0 Å². The highest BCUT2D eigenvalue weighted by Gasteiger charge is 2.35. The summed E-state index contributed by atoms with van der Waals surface area (Å²) in [4.78, 5) is 15.2. The van der Waals surface area contributed by atoms with E-state index in [9.17, 15) is 17.6 Å². The van der Waals surface area contributed by atoms with Crippen molar-refractivity contribution in [3.05, 3.63) is 34.5 Å². The van der Waals surface area contributed by atoms with E-state index in [0.717, 1.165) is 11.1 Å². The van der Waals surface area contributed by atoms with Crippen molar-refractivity contribution in [2.75, 3.05) is 18.1 Å². The Morgan fingerprint density at radius 3 is 2.75 bits per heavy atom. The smallest absolute Gasteiger partial charge is 0.264 e. The van der Waals surface area contributed by atoms with Crippen molar-refractivity contribution < 1.29 is 17.6 Å². The number of halogens is 1. The third-order valence-corrected chi connectivity index (χ3v) is 7.47. The van der Waals surface area contributed by atoms with Crippen molar-refractivity contribution in [3.63, 3.8) is 0 Å². The minimum atomic E-state index is -3.07. The molecule has 0 spiro atoms. The van der Waals surface area contributed by atoms with Crippen molar-refractivity contribution >= 4 is 37.2 Å². The SMILES string of the molecule is CCCN(C(=O)c1sc2cccc(F)c2c1C)[C@H]1CCS(=O)(=O)C1. The van der Waals surface area contributed by atoms with E-state index in [1.54, 1.807) is 24.0 Å². The van der Waals surface area contributed by atoms with Gasteiger partial charge in [0, 0.05) is 22.7 Å². The highest BCUT2D eigenvalue weighted by Crippen LogP contribution is 2.34. The average Bonchev–Trinajstić information content (AvgIpc) is 3.05. The Bertz CT molecular complexity index is 889. The topological polar surface area (TPSA) is 54.5 Å². The van der Waals surface area contributed by atoms with Crippen LogP contribution in [0.5, 0.6) is 0 Å². The molecular formula is C17H20FNO3S2. The van der Waals surface area contributed by atoms with Gasteiger partial charge in [-0.25, -0.2) is 12.8 Å². The van der Waals surface area contributed by atoms with E-state index in [1.165, 1.54) is 17.4 Å². The highest BCUT2D eigenvalue weighted by molar-refractivity contribution is 7.91. The Balaban J connectivity index is 1.99. The van der Waals surface area contributed by atoms with Gasteiger partial charge in [0.25, 0.3) is 5.91 Å². The molecule has 1 aliphatic rings. The Morgan fingerprint density at radius 1 is 1.42 bits per heavy atom. The maximum absolute atomic E-state index is 14.1. The Morgan fingerprint density at radius 2 is 2.17 bits per heavy atom. The summed E-state index contributed by atoms with van der Waals surface area (Å²) in [6, 6.07) is 4.55. The number of rotatable bonds is 4. The van der Waals surface area contributed by atoms with Crippen LogP contribution in [0.3, 0.4) is 0 Å². The van der Waals surface area contributed by atoms with Crippen LogP contribution < -0.4 is 0 Å². The molecule has 1 aromatic carbocycles. The number of hydrogen-bond acceptors (Lipinski definition) is 4. The van der Waals surface area contributed by atoms with E-state index in [4.69, 9.17) is 0 Å². The molecule has 0 bridgehead atoms. The second kappa shape index (κ2) is 6.44. The first-order chi connectivity index (χ1) is 11.3. The molecule has 1 amide bonds. The molecule has 1 saturated heterocycles. The van der Waals surface area contributed by atoms with Crippen molar-refractivity contribution in [3.8, 4) is 0 Å². The minimum absolute atomic E-state index is 0.0248. The summed E-state index contributed by atoms with van der Waals surface area (Å²) in [5, 5.41) is 0.487. The summed E-state index contributed by atoms with van der Waals surface area (Å²) in [7, 11) is -3.07. The molecule has 4 nitrogen and oxygen atoms in total. The molecule has 24 heavy (non-hydrogen) atoms. The van der Waals surface area contributed by atoms with Crippen LogP contribution in [0.15, 0.2) is 18.2 Å². The molecule has 2 heterocycles. The molecule has 0 aliphatic carbocycles. The predicted molar refractivity (Wildman–Crippen MR) is 94.9 cm³/mol. The van der Waals surface area contributed by atoms with Gasteiger partial charge in [-0.2, -0.15) is 0 Å². The summed E-state index contributed by atoms with van der Waals surface area (Å²) in [5.74, 6) is -0.356. The number of sulfone groups is 1. The van der Waals surface area contributed by atoms with Crippen molar-refractivity contribution in [2.45, 2.75) is 32.7 Å². The van der Waals surface area contributed by atoms with Crippen molar-refractivity contribution in [2.24, 2.45) is 0 Å². The molecule has 1 aliphatic heterocycles. The molecular weight excluding hydrogens is 349 g/mol. The molecule has 1 aromatic heterocycles. The number of benzene rings is 1. The zero-order valence-electron chi connectivity index (χ0n) is 13.7. The monoisotopic (exact) mass is 369 g/mol. The first kappa shape index (κ1) is 17.4. The van der Waals surface area contributed by atoms with E-state index < -0.39 is 9.84 Å². The molecule has 2 aromatic rings. The summed E-state index contributed by atoms with van der Waals surface area (Å²) in [5.41, 5.74) is 0.639. The second-order valence-corrected chi connectivity index (χ2v) is 9.51.